The van der Waals surface area contributed by atoms with Gasteiger partial charge in [0.2, 0.25) is 5.91 Å². The third-order valence-corrected chi connectivity index (χ3v) is 3.99. The van der Waals surface area contributed by atoms with Crippen LogP contribution >= 0.6 is 0 Å². The van der Waals surface area contributed by atoms with E-state index in [1.807, 2.05) is 4.90 Å². The Morgan fingerprint density at radius 2 is 2.12 bits per heavy atom. The Labute approximate surface area is 97.8 Å². The minimum absolute atomic E-state index is 0.302. The number of piperidine rings is 1. The second kappa shape index (κ2) is 5.15. The van der Waals surface area contributed by atoms with Crippen LogP contribution in [0.3, 0.4) is 0 Å². The van der Waals surface area contributed by atoms with Crippen LogP contribution in [0, 0.1) is 5.92 Å². The summed E-state index contributed by atoms with van der Waals surface area (Å²) in [6.45, 7) is 6.48. The molecule has 4 nitrogen and oxygen atoms in total. The summed E-state index contributed by atoms with van der Waals surface area (Å²) in [4.78, 5) is 16.2. The maximum absolute atomic E-state index is 11.9. The van der Waals surface area contributed by atoms with Gasteiger partial charge in [0.05, 0.1) is 6.54 Å². The van der Waals surface area contributed by atoms with Crippen molar-refractivity contribution in [1.29, 1.82) is 0 Å². The third kappa shape index (κ3) is 2.55. The molecule has 0 spiro atoms. The van der Waals surface area contributed by atoms with E-state index in [2.05, 4.69) is 11.8 Å². The molecule has 2 aliphatic rings. The molecule has 2 N–H and O–H groups in total. The lowest BCUT2D eigenvalue weighted by Gasteiger charge is -2.39. The van der Waals surface area contributed by atoms with Crippen molar-refractivity contribution in [2.75, 3.05) is 32.7 Å². The van der Waals surface area contributed by atoms with Crippen LogP contribution in [0.25, 0.3) is 0 Å². The first-order valence-electron chi connectivity index (χ1n) is 6.42. The van der Waals surface area contributed by atoms with Crippen molar-refractivity contribution in [3.05, 3.63) is 0 Å². The second-order valence-corrected chi connectivity index (χ2v) is 5.19. The first kappa shape index (κ1) is 11.9. The molecule has 2 atom stereocenters. The van der Waals surface area contributed by atoms with Gasteiger partial charge in [0.15, 0.2) is 0 Å². The van der Waals surface area contributed by atoms with Crippen molar-refractivity contribution in [3.8, 4) is 0 Å². The quantitative estimate of drug-likeness (QED) is 0.750. The van der Waals surface area contributed by atoms with Crippen LogP contribution in [0.1, 0.15) is 26.2 Å². The zero-order valence-corrected chi connectivity index (χ0v) is 10.2. The fourth-order valence-electron chi connectivity index (χ4n) is 2.51. The Morgan fingerprint density at radius 3 is 2.69 bits per heavy atom. The minimum atomic E-state index is 0.302. The summed E-state index contributed by atoms with van der Waals surface area (Å²) in [5, 5.41) is 0. The average Bonchev–Trinajstić information content (AvgIpc) is 2.18. The van der Waals surface area contributed by atoms with Crippen LogP contribution in [0.4, 0.5) is 0 Å². The molecule has 2 rings (SSSR count). The fraction of sp³-hybridized carbons (Fsp3) is 0.917. The zero-order valence-electron chi connectivity index (χ0n) is 10.2. The number of rotatable bonds is 3. The van der Waals surface area contributed by atoms with E-state index >= 15 is 0 Å². The van der Waals surface area contributed by atoms with Gasteiger partial charge in [-0.15, -0.1) is 0 Å². The van der Waals surface area contributed by atoms with Gasteiger partial charge in [0.1, 0.15) is 0 Å². The molecule has 2 saturated heterocycles. The minimum Gasteiger partial charge on any atom is -0.341 e. The van der Waals surface area contributed by atoms with Crippen LogP contribution in [0.5, 0.6) is 0 Å². The van der Waals surface area contributed by atoms with Gasteiger partial charge >= 0.3 is 0 Å². The topological polar surface area (TPSA) is 49.6 Å². The summed E-state index contributed by atoms with van der Waals surface area (Å²) in [5.74, 6) is 0.885. The lowest BCUT2D eigenvalue weighted by Crippen LogP contribution is -2.51. The van der Waals surface area contributed by atoms with E-state index in [9.17, 15) is 4.79 Å². The van der Waals surface area contributed by atoms with Gasteiger partial charge in [-0.3, -0.25) is 9.69 Å². The summed E-state index contributed by atoms with van der Waals surface area (Å²) >= 11 is 0. The molecule has 2 heterocycles. The van der Waals surface area contributed by atoms with E-state index in [-0.39, 0.29) is 0 Å². The summed E-state index contributed by atoms with van der Waals surface area (Å²) in [6.07, 6.45) is 3.56. The van der Waals surface area contributed by atoms with E-state index < -0.39 is 0 Å². The molecule has 16 heavy (non-hydrogen) atoms. The smallest absolute Gasteiger partial charge is 0.236 e. The number of hydrogen-bond acceptors (Lipinski definition) is 3. The number of carbonyl (C=O) groups is 1. The van der Waals surface area contributed by atoms with E-state index in [0.29, 0.717) is 24.4 Å². The lowest BCUT2D eigenvalue weighted by atomic mass is 9.93. The third-order valence-electron chi connectivity index (χ3n) is 3.99. The van der Waals surface area contributed by atoms with Gasteiger partial charge in [-0.1, -0.05) is 0 Å². The van der Waals surface area contributed by atoms with Gasteiger partial charge in [-0.2, -0.15) is 0 Å². The van der Waals surface area contributed by atoms with Crippen LogP contribution in [-0.4, -0.2) is 54.5 Å². The molecule has 0 radical (unpaired) electrons. The molecular weight excluding hydrogens is 202 g/mol. The summed E-state index contributed by atoms with van der Waals surface area (Å²) in [7, 11) is 0. The van der Waals surface area contributed by atoms with Gasteiger partial charge in [0, 0.05) is 25.7 Å². The number of likely N-dealkylation sites (tertiary alicyclic amines) is 2. The lowest BCUT2D eigenvalue weighted by molar-refractivity contribution is -0.137. The Balaban J connectivity index is 1.83. The predicted molar refractivity (Wildman–Crippen MR) is 64.0 cm³/mol. The molecular formula is C12H23N3O. The monoisotopic (exact) mass is 225 g/mol. The molecule has 2 aliphatic heterocycles. The van der Waals surface area contributed by atoms with Crippen LogP contribution in [0.15, 0.2) is 0 Å². The van der Waals surface area contributed by atoms with Crippen LogP contribution in [-0.2, 0) is 4.79 Å². The van der Waals surface area contributed by atoms with Crippen molar-refractivity contribution < 1.29 is 4.79 Å². The highest BCUT2D eigenvalue weighted by Crippen LogP contribution is 2.21. The number of amides is 1. The highest BCUT2D eigenvalue weighted by molar-refractivity contribution is 5.79. The molecule has 2 fully saturated rings. The first-order chi connectivity index (χ1) is 7.70. The van der Waals surface area contributed by atoms with Crippen LogP contribution < -0.4 is 5.73 Å². The van der Waals surface area contributed by atoms with Crippen molar-refractivity contribution >= 4 is 5.91 Å². The predicted octanol–water partition coefficient (Wildman–Crippen LogP) is 0.278. The molecule has 2 unspecified atom stereocenters. The highest BCUT2D eigenvalue weighted by Gasteiger charge is 2.28. The zero-order chi connectivity index (χ0) is 11.5. The van der Waals surface area contributed by atoms with E-state index in [0.717, 1.165) is 26.2 Å². The van der Waals surface area contributed by atoms with Crippen molar-refractivity contribution in [1.82, 2.24) is 9.80 Å². The largest absolute Gasteiger partial charge is 0.341 e. The number of nitrogens with zero attached hydrogens (tertiary/aromatic N) is 2. The van der Waals surface area contributed by atoms with E-state index in [1.54, 1.807) is 0 Å². The summed E-state index contributed by atoms with van der Waals surface area (Å²) in [6, 6.07) is 0.535. The van der Waals surface area contributed by atoms with Crippen molar-refractivity contribution in [3.63, 3.8) is 0 Å². The summed E-state index contributed by atoms with van der Waals surface area (Å²) < 4.78 is 0. The number of carbonyl (C=O) groups excluding carboxylic acids is 1. The molecule has 92 valence electrons. The van der Waals surface area contributed by atoms with Gasteiger partial charge < -0.3 is 10.6 Å². The Morgan fingerprint density at radius 1 is 1.38 bits per heavy atom. The molecule has 0 aromatic heterocycles. The number of nitrogens with two attached hydrogens (primary N) is 1. The normalized spacial score (nSPS) is 31.2. The maximum atomic E-state index is 11.9. The molecule has 0 aliphatic carbocycles. The molecule has 1 amide bonds. The molecule has 0 bridgehead atoms. The second-order valence-electron chi connectivity index (χ2n) is 5.19. The van der Waals surface area contributed by atoms with Crippen molar-refractivity contribution in [2.24, 2.45) is 11.7 Å². The van der Waals surface area contributed by atoms with Gasteiger partial charge in [-0.05, 0) is 38.6 Å². The molecule has 0 aromatic carbocycles. The molecule has 0 aromatic rings. The van der Waals surface area contributed by atoms with Gasteiger partial charge in [0.25, 0.3) is 0 Å². The fourth-order valence-corrected chi connectivity index (χ4v) is 2.51. The van der Waals surface area contributed by atoms with Crippen LogP contribution in [0.2, 0.25) is 0 Å². The summed E-state index contributed by atoms with van der Waals surface area (Å²) in [5.41, 5.74) is 5.72. The first-order valence-corrected chi connectivity index (χ1v) is 6.42. The Bertz CT molecular complexity index is 253. The molecule has 0 saturated carbocycles. The standard InChI is InChI=1S/C12H23N3O/c1-10-3-4-11(7-13)8-15(10)9-12(16)14-5-2-6-14/h10-11H,2-9,13H2,1H3. The number of hydrogen-bond donors (Lipinski definition) is 1. The van der Waals surface area contributed by atoms with Crippen molar-refractivity contribution in [2.45, 2.75) is 32.2 Å². The van der Waals surface area contributed by atoms with E-state index in [4.69, 9.17) is 5.73 Å². The maximum Gasteiger partial charge on any atom is 0.236 e. The van der Waals surface area contributed by atoms with E-state index in [1.165, 1.54) is 19.3 Å². The SMILES string of the molecule is CC1CCC(CN)CN1CC(=O)N1CCC1. The van der Waals surface area contributed by atoms with Gasteiger partial charge in [-0.25, -0.2) is 0 Å². The average molecular weight is 225 g/mol. The highest BCUT2D eigenvalue weighted by atomic mass is 16.2. The Hall–Kier alpha value is -0.610. The Kier molecular flexibility index (Phi) is 3.82. The molecule has 4 heteroatoms.